The van der Waals surface area contributed by atoms with Crippen LogP contribution in [0.5, 0.6) is 0 Å². The van der Waals surface area contributed by atoms with Crippen LogP contribution in [0.15, 0.2) is 60.9 Å². The van der Waals surface area contributed by atoms with Gasteiger partial charge < -0.3 is 9.47 Å². The Labute approximate surface area is 258 Å². The van der Waals surface area contributed by atoms with Crippen LogP contribution in [0.3, 0.4) is 0 Å². The Morgan fingerprint density at radius 1 is 0.822 bits per heavy atom. The van der Waals surface area contributed by atoms with E-state index in [4.69, 9.17) is 11.6 Å². The monoisotopic (exact) mass is 652 g/mol. The lowest BCUT2D eigenvalue weighted by Gasteiger charge is -2.36. The molecule has 7 nitrogen and oxygen atoms in total. The Bertz CT molecular complexity index is 1720. The highest BCUT2D eigenvalue weighted by molar-refractivity contribution is 6.30. The first-order valence-corrected chi connectivity index (χ1v) is 14.6. The highest BCUT2D eigenvalue weighted by atomic mass is 35.5. The smallest absolute Gasteiger partial charge is 0.341 e. The lowest BCUT2D eigenvalue weighted by atomic mass is 10.1. The van der Waals surface area contributed by atoms with Gasteiger partial charge in [0.2, 0.25) is 0 Å². The maximum atomic E-state index is 14.0. The summed E-state index contributed by atoms with van der Waals surface area (Å²) >= 11 is 5.99. The topological polar surface area (TPSA) is 59.4 Å². The van der Waals surface area contributed by atoms with Crippen LogP contribution in [0.25, 0.3) is 17.2 Å². The van der Waals surface area contributed by atoms with Crippen molar-refractivity contribution in [2.45, 2.75) is 31.7 Å². The van der Waals surface area contributed by atoms with Crippen LogP contribution in [0.2, 0.25) is 5.02 Å². The van der Waals surface area contributed by atoms with Crippen LogP contribution >= 0.6 is 11.6 Å². The zero-order valence-corrected chi connectivity index (χ0v) is 24.4. The number of hydrogen-bond donors (Lipinski definition) is 0. The molecule has 45 heavy (non-hydrogen) atoms. The summed E-state index contributed by atoms with van der Waals surface area (Å²) in [6.07, 6.45) is -5.71. The second-order valence-electron chi connectivity index (χ2n) is 11.6. The first-order chi connectivity index (χ1) is 21.1. The zero-order valence-electron chi connectivity index (χ0n) is 23.7. The minimum Gasteiger partial charge on any atom is -0.341 e. The number of quaternary nitrogens is 2. The predicted molar refractivity (Wildman–Crippen MR) is 155 cm³/mol. The van der Waals surface area contributed by atoms with Crippen molar-refractivity contribution in [3.05, 3.63) is 77.2 Å². The molecule has 4 heterocycles. The summed E-state index contributed by atoms with van der Waals surface area (Å²) in [5, 5.41) is 0.571. The maximum absolute atomic E-state index is 14.0. The van der Waals surface area contributed by atoms with Crippen LogP contribution in [-0.4, -0.2) is 71.8 Å². The molecular weight excluding hydrogens is 626 g/mol. The highest BCUT2D eigenvalue weighted by Gasteiger charge is 2.60. The minimum absolute atomic E-state index is 0.0873. The number of benzene rings is 2. The van der Waals surface area contributed by atoms with Gasteiger partial charge in [-0.1, -0.05) is 23.7 Å². The van der Waals surface area contributed by atoms with E-state index in [2.05, 4.69) is 0 Å². The number of nitrogens with zero attached hydrogens (tertiary/aromatic N) is 4. The van der Waals surface area contributed by atoms with Gasteiger partial charge in [-0.25, -0.2) is 14.1 Å². The second-order valence-corrected chi connectivity index (χ2v) is 12.0. The molecule has 1 saturated heterocycles. The molecule has 3 amide bonds. The van der Waals surface area contributed by atoms with Crippen molar-refractivity contribution in [2.75, 3.05) is 37.6 Å². The van der Waals surface area contributed by atoms with Gasteiger partial charge in [0, 0.05) is 66.1 Å². The number of amides is 3. The Hall–Kier alpha value is -3.94. The molecule has 2 aromatic carbocycles. The number of likely N-dealkylation sites (tertiary alicyclic amines) is 1. The fourth-order valence-electron chi connectivity index (χ4n) is 6.65. The van der Waals surface area contributed by atoms with E-state index in [9.17, 15) is 40.7 Å². The second kappa shape index (κ2) is 10.8. The van der Waals surface area contributed by atoms with Crippen LogP contribution in [0.4, 0.5) is 37.7 Å². The molecule has 3 aromatic rings. The van der Waals surface area contributed by atoms with Gasteiger partial charge in [-0.05, 0) is 35.9 Å². The third kappa shape index (κ3) is 5.36. The number of fused-ring (bicyclic) bond motifs is 2. The molecule has 3 aliphatic rings. The Morgan fingerprint density at radius 3 is 2.13 bits per heavy atom. The van der Waals surface area contributed by atoms with E-state index in [-0.39, 0.29) is 36.8 Å². The summed E-state index contributed by atoms with van der Waals surface area (Å²) in [6, 6.07) is 13.1. The molecule has 0 aliphatic carbocycles. The predicted octanol–water partition coefficient (Wildman–Crippen LogP) is 6.55. The summed E-state index contributed by atoms with van der Waals surface area (Å²) in [4.78, 5) is 40.4. The van der Waals surface area contributed by atoms with E-state index in [1.54, 1.807) is 18.2 Å². The van der Waals surface area contributed by atoms with Gasteiger partial charge in [-0.3, -0.25) is 4.79 Å². The van der Waals surface area contributed by atoms with Gasteiger partial charge in [-0.2, -0.15) is 30.8 Å². The lowest BCUT2D eigenvalue weighted by Crippen LogP contribution is -2.63. The lowest BCUT2D eigenvalue weighted by molar-refractivity contribution is -0.846. The fourth-order valence-corrected chi connectivity index (χ4v) is 6.78. The van der Waals surface area contributed by atoms with E-state index in [1.165, 1.54) is 29.2 Å². The molecule has 3 aliphatic heterocycles. The molecule has 0 saturated carbocycles. The number of carbonyl (C=O) groups is 3. The first kappa shape index (κ1) is 31.1. The molecule has 0 N–H and O–H groups in total. The average molecular weight is 653 g/mol. The van der Waals surface area contributed by atoms with Crippen molar-refractivity contribution < 1.29 is 45.2 Å². The number of rotatable bonds is 5. The van der Waals surface area contributed by atoms with Gasteiger partial charge in [0.15, 0.2) is 5.69 Å². The molecule has 0 radical (unpaired) electrons. The highest BCUT2D eigenvalue weighted by Crippen LogP contribution is 2.42. The van der Waals surface area contributed by atoms with E-state index < -0.39 is 46.2 Å². The molecule has 1 unspecified atom stereocenters. The van der Waals surface area contributed by atoms with E-state index in [1.807, 2.05) is 22.9 Å². The number of anilines is 1. The summed E-state index contributed by atoms with van der Waals surface area (Å²) in [5.41, 5.74) is 2.60. The maximum Gasteiger partial charge on any atom is 0.510 e. The number of carbonyl (C=O) groups excluding carboxylic acids is 3. The molecule has 1 aromatic heterocycles. The molecule has 0 spiro atoms. The van der Waals surface area contributed by atoms with E-state index in [0.29, 0.717) is 35.8 Å². The fraction of sp³-hybridized carbons (Fsp3) is 0.323. The third-order valence-electron chi connectivity index (χ3n) is 8.95. The third-order valence-corrected chi connectivity index (χ3v) is 9.20. The quantitative estimate of drug-likeness (QED) is 0.232. The Balaban J connectivity index is 1.31. The van der Waals surface area contributed by atoms with Crippen molar-refractivity contribution in [3.63, 3.8) is 0 Å². The molecule has 1 atom stereocenters. The SMILES string of the molecule is O=C1c2cc(-c3ccc(Cl)cc3)cn2CCN1c1ccc2c(c1)C=C[N+]2(CC[N+]1(C(=O)C(F)(F)F)CCCC1)C(=O)C(F)(F)F. The number of halogens is 7. The van der Waals surface area contributed by atoms with Gasteiger partial charge in [0.05, 0.1) is 13.1 Å². The van der Waals surface area contributed by atoms with Crippen molar-refractivity contribution in [1.82, 2.24) is 9.05 Å². The van der Waals surface area contributed by atoms with Crippen molar-refractivity contribution in [2.24, 2.45) is 0 Å². The largest absolute Gasteiger partial charge is 0.510 e. The molecule has 14 heteroatoms. The Morgan fingerprint density at radius 2 is 1.49 bits per heavy atom. The zero-order chi connectivity index (χ0) is 32.4. The van der Waals surface area contributed by atoms with Gasteiger partial charge >= 0.3 is 24.2 Å². The minimum atomic E-state index is -5.31. The van der Waals surface area contributed by atoms with Crippen molar-refractivity contribution in [1.29, 1.82) is 0 Å². The van der Waals surface area contributed by atoms with E-state index in [0.717, 1.165) is 17.3 Å². The molecular formula is C31H27ClF6N4O3+2. The normalized spacial score (nSPS) is 20.8. The molecule has 1 fully saturated rings. The molecule has 6 rings (SSSR count). The molecule has 236 valence electrons. The summed E-state index contributed by atoms with van der Waals surface area (Å²) in [6.45, 7) is -0.944. The van der Waals surface area contributed by atoms with E-state index >= 15 is 0 Å². The van der Waals surface area contributed by atoms with Crippen LogP contribution in [0, 0.1) is 0 Å². The number of hydrogen-bond acceptors (Lipinski definition) is 3. The standard InChI is InChI=1S/C31H27ClF6N4O3/c32-23-5-3-20(4-6-23)22-18-25-27(43)40(11-10-39(25)19-22)24-7-8-26-21(17-24)9-14-42(26,29(45)31(36,37)38)16-15-41(12-1-2-13-41)28(44)30(33,34)35/h3-9,14,17-19H,1-2,10-13,15-16H2/q+2. The van der Waals surface area contributed by atoms with Crippen molar-refractivity contribution >= 4 is 46.8 Å². The molecule has 0 bridgehead atoms. The number of aromatic nitrogens is 1. The van der Waals surface area contributed by atoms with Gasteiger partial charge in [0.1, 0.15) is 25.0 Å². The summed E-state index contributed by atoms with van der Waals surface area (Å²) in [5.74, 6) is -4.53. The van der Waals surface area contributed by atoms with Crippen molar-refractivity contribution in [3.8, 4) is 11.1 Å². The van der Waals surface area contributed by atoms with Gasteiger partial charge in [-0.15, -0.1) is 0 Å². The summed E-state index contributed by atoms with van der Waals surface area (Å²) in [7, 11) is 0. The summed E-state index contributed by atoms with van der Waals surface area (Å²) < 4.78 is 81.8. The van der Waals surface area contributed by atoms with Crippen LogP contribution < -0.4 is 9.38 Å². The van der Waals surface area contributed by atoms with Crippen LogP contribution in [-0.2, 0) is 16.1 Å². The Kier molecular flexibility index (Phi) is 7.49. The van der Waals surface area contributed by atoms with Crippen LogP contribution in [0.1, 0.15) is 28.9 Å². The first-order valence-electron chi connectivity index (χ1n) is 14.2. The van der Waals surface area contributed by atoms with Gasteiger partial charge in [0.25, 0.3) is 5.91 Å². The number of alkyl halides is 6. The average Bonchev–Trinajstić information content (AvgIpc) is 3.73.